The number of hydrogen-bond acceptors (Lipinski definition) is 2. The Labute approximate surface area is 91.2 Å². The van der Waals surface area contributed by atoms with Gasteiger partial charge in [-0.25, -0.2) is 0 Å². The zero-order valence-electron chi connectivity index (χ0n) is 9.21. The number of carbonyl (C=O) groups excluding carboxylic acids is 1. The molecular weight excluding hydrogens is 194 g/mol. The van der Waals surface area contributed by atoms with E-state index in [-0.39, 0.29) is 5.91 Å². The lowest BCUT2D eigenvalue weighted by Gasteiger charge is -2.22. The predicted octanol–water partition coefficient (Wildman–Crippen LogP) is 2.58. The lowest BCUT2D eigenvalue weighted by molar-refractivity contribution is -0.119. The number of hydrogen-bond donors (Lipinski definition) is 1. The van der Waals surface area contributed by atoms with Crippen LogP contribution in [-0.2, 0) is 4.79 Å². The molecule has 0 aliphatic heterocycles. The van der Waals surface area contributed by atoms with Gasteiger partial charge in [0.15, 0.2) is 0 Å². The van der Waals surface area contributed by atoms with E-state index in [1.165, 1.54) is 32.1 Å². The summed E-state index contributed by atoms with van der Waals surface area (Å²) >= 11 is 1.72. The first-order chi connectivity index (χ1) is 6.68. The molecule has 0 aromatic heterocycles. The summed E-state index contributed by atoms with van der Waals surface area (Å²) in [6, 6.07) is 0.462. The first kappa shape index (κ1) is 11.9. The molecule has 0 heterocycles. The van der Waals surface area contributed by atoms with E-state index in [1.807, 2.05) is 0 Å². The molecule has 1 amide bonds. The van der Waals surface area contributed by atoms with Crippen molar-refractivity contribution >= 4 is 17.7 Å². The highest BCUT2D eigenvalue weighted by Crippen LogP contribution is 2.17. The van der Waals surface area contributed by atoms with Gasteiger partial charge in [0.05, 0.1) is 5.75 Å². The number of amides is 1. The molecule has 1 aliphatic rings. The van der Waals surface area contributed by atoms with Crippen LogP contribution >= 0.6 is 11.8 Å². The summed E-state index contributed by atoms with van der Waals surface area (Å²) < 4.78 is 0. The van der Waals surface area contributed by atoms with Crippen molar-refractivity contribution in [1.29, 1.82) is 0 Å². The molecule has 0 unspecified atom stereocenters. The van der Waals surface area contributed by atoms with E-state index in [2.05, 4.69) is 19.2 Å². The van der Waals surface area contributed by atoms with Crippen LogP contribution < -0.4 is 5.32 Å². The highest BCUT2D eigenvalue weighted by atomic mass is 32.2. The van der Waals surface area contributed by atoms with E-state index in [0.717, 1.165) is 0 Å². The van der Waals surface area contributed by atoms with Gasteiger partial charge in [-0.15, -0.1) is 11.8 Å². The average Bonchev–Trinajstić information content (AvgIpc) is 2.16. The van der Waals surface area contributed by atoms with Crippen molar-refractivity contribution in [2.75, 3.05) is 5.75 Å². The molecule has 1 N–H and O–H groups in total. The minimum absolute atomic E-state index is 0.218. The van der Waals surface area contributed by atoms with Gasteiger partial charge < -0.3 is 5.32 Å². The predicted molar refractivity (Wildman–Crippen MR) is 62.6 cm³/mol. The van der Waals surface area contributed by atoms with Crippen LogP contribution in [0, 0.1) is 0 Å². The molecule has 1 rings (SSSR count). The summed E-state index contributed by atoms with van der Waals surface area (Å²) in [6.45, 7) is 4.25. The number of carbonyl (C=O) groups is 1. The number of thioether (sulfide) groups is 1. The van der Waals surface area contributed by atoms with E-state index < -0.39 is 0 Å². The van der Waals surface area contributed by atoms with E-state index in [4.69, 9.17) is 0 Å². The maximum absolute atomic E-state index is 11.5. The Morgan fingerprint density at radius 2 is 2.00 bits per heavy atom. The van der Waals surface area contributed by atoms with Crippen molar-refractivity contribution in [3.05, 3.63) is 0 Å². The molecule has 0 aromatic carbocycles. The van der Waals surface area contributed by atoms with Gasteiger partial charge in [-0.1, -0.05) is 33.1 Å². The molecule has 1 saturated carbocycles. The van der Waals surface area contributed by atoms with E-state index in [9.17, 15) is 4.79 Å². The second-order valence-electron chi connectivity index (χ2n) is 4.26. The van der Waals surface area contributed by atoms with Gasteiger partial charge >= 0.3 is 0 Å². The van der Waals surface area contributed by atoms with Gasteiger partial charge in [-0.05, 0) is 18.1 Å². The van der Waals surface area contributed by atoms with Crippen molar-refractivity contribution < 1.29 is 4.79 Å². The fourth-order valence-corrected chi connectivity index (χ4v) is 2.33. The van der Waals surface area contributed by atoms with Crippen LogP contribution in [0.2, 0.25) is 0 Å². The third-order valence-electron chi connectivity index (χ3n) is 2.52. The Balaban J connectivity index is 2.12. The van der Waals surface area contributed by atoms with Gasteiger partial charge in [0.1, 0.15) is 0 Å². The molecule has 82 valence electrons. The SMILES string of the molecule is CC(C)SCC(=O)NC1CCCCC1. The first-order valence-corrected chi connectivity index (χ1v) is 6.64. The Morgan fingerprint density at radius 1 is 1.36 bits per heavy atom. The molecule has 1 fully saturated rings. The van der Waals surface area contributed by atoms with Crippen molar-refractivity contribution in [2.24, 2.45) is 0 Å². The summed E-state index contributed by atoms with van der Waals surface area (Å²) in [5.74, 6) is 0.837. The highest BCUT2D eigenvalue weighted by Gasteiger charge is 2.15. The quantitative estimate of drug-likeness (QED) is 0.781. The minimum Gasteiger partial charge on any atom is -0.353 e. The topological polar surface area (TPSA) is 29.1 Å². The minimum atomic E-state index is 0.218. The van der Waals surface area contributed by atoms with Gasteiger partial charge in [0, 0.05) is 6.04 Å². The maximum atomic E-state index is 11.5. The van der Waals surface area contributed by atoms with Gasteiger partial charge in [-0.2, -0.15) is 0 Å². The lowest BCUT2D eigenvalue weighted by Crippen LogP contribution is -2.37. The van der Waals surface area contributed by atoms with Crippen LogP contribution in [0.5, 0.6) is 0 Å². The monoisotopic (exact) mass is 215 g/mol. The molecule has 0 spiro atoms. The average molecular weight is 215 g/mol. The zero-order chi connectivity index (χ0) is 10.4. The molecule has 1 aliphatic carbocycles. The van der Waals surface area contributed by atoms with E-state index in [0.29, 0.717) is 17.0 Å². The Kier molecular flexibility index (Phi) is 5.38. The van der Waals surface area contributed by atoms with Crippen LogP contribution in [0.3, 0.4) is 0 Å². The normalized spacial score (nSPS) is 18.5. The summed E-state index contributed by atoms with van der Waals surface area (Å²) in [5, 5.41) is 3.66. The Bertz CT molecular complexity index is 176. The molecule has 0 bridgehead atoms. The summed E-state index contributed by atoms with van der Waals surface area (Å²) in [6.07, 6.45) is 6.26. The third-order valence-corrected chi connectivity index (χ3v) is 3.61. The zero-order valence-corrected chi connectivity index (χ0v) is 10.0. The van der Waals surface area contributed by atoms with Crippen molar-refractivity contribution in [2.45, 2.75) is 57.2 Å². The summed E-state index contributed by atoms with van der Waals surface area (Å²) in [7, 11) is 0. The molecule has 3 heteroatoms. The molecule has 2 nitrogen and oxygen atoms in total. The molecule has 14 heavy (non-hydrogen) atoms. The van der Waals surface area contributed by atoms with E-state index >= 15 is 0 Å². The van der Waals surface area contributed by atoms with Crippen molar-refractivity contribution in [3.63, 3.8) is 0 Å². The van der Waals surface area contributed by atoms with Gasteiger partial charge in [0.25, 0.3) is 0 Å². The second kappa shape index (κ2) is 6.33. The second-order valence-corrected chi connectivity index (χ2v) is 5.83. The Hall–Kier alpha value is -0.180. The number of nitrogens with one attached hydrogen (secondary N) is 1. The molecule has 0 atom stereocenters. The Morgan fingerprint density at radius 3 is 2.57 bits per heavy atom. The van der Waals surface area contributed by atoms with Crippen LogP contribution in [-0.4, -0.2) is 23.0 Å². The molecular formula is C11H21NOS. The fourth-order valence-electron chi connectivity index (χ4n) is 1.76. The summed E-state index contributed by atoms with van der Waals surface area (Å²) in [4.78, 5) is 11.5. The van der Waals surface area contributed by atoms with Crippen LogP contribution in [0.15, 0.2) is 0 Å². The van der Waals surface area contributed by atoms with Gasteiger partial charge in [-0.3, -0.25) is 4.79 Å². The van der Waals surface area contributed by atoms with Crippen molar-refractivity contribution in [3.8, 4) is 0 Å². The van der Waals surface area contributed by atoms with Crippen LogP contribution in [0.4, 0.5) is 0 Å². The smallest absolute Gasteiger partial charge is 0.230 e. The highest BCUT2D eigenvalue weighted by molar-refractivity contribution is 8.00. The van der Waals surface area contributed by atoms with Crippen LogP contribution in [0.25, 0.3) is 0 Å². The fraction of sp³-hybridized carbons (Fsp3) is 0.909. The molecule has 0 radical (unpaired) electrons. The number of rotatable bonds is 4. The lowest BCUT2D eigenvalue weighted by atomic mass is 9.95. The largest absolute Gasteiger partial charge is 0.353 e. The first-order valence-electron chi connectivity index (χ1n) is 5.59. The van der Waals surface area contributed by atoms with Crippen molar-refractivity contribution in [1.82, 2.24) is 5.32 Å². The summed E-state index contributed by atoms with van der Waals surface area (Å²) in [5.41, 5.74) is 0. The maximum Gasteiger partial charge on any atom is 0.230 e. The molecule has 0 saturated heterocycles. The third kappa shape index (κ3) is 4.89. The van der Waals surface area contributed by atoms with E-state index in [1.54, 1.807) is 11.8 Å². The van der Waals surface area contributed by atoms with Gasteiger partial charge in [0.2, 0.25) is 5.91 Å². The molecule has 0 aromatic rings. The van der Waals surface area contributed by atoms with Crippen LogP contribution in [0.1, 0.15) is 46.0 Å². The standard InChI is InChI=1S/C11H21NOS/c1-9(2)14-8-11(13)12-10-6-4-3-5-7-10/h9-10H,3-8H2,1-2H3,(H,12,13).